The van der Waals surface area contributed by atoms with Gasteiger partial charge in [-0.2, -0.15) is 13.2 Å². The minimum Gasteiger partial charge on any atom is -0.370 e. The highest BCUT2D eigenvalue weighted by Crippen LogP contribution is 2.38. The van der Waals surface area contributed by atoms with Gasteiger partial charge >= 0.3 is 6.18 Å². The number of ether oxygens (including phenoxy) is 1. The second-order valence-corrected chi connectivity index (χ2v) is 10.6. The average molecular weight is 559 g/mol. The third kappa shape index (κ3) is 6.43. The van der Waals surface area contributed by atoms with Crippen molar-refractivity contribution in [3.05, 3.63) is 45.1 Å². The van der Waals surface area contributed by atoms with Crippen molar-refractivity contribution in [1.82, 2.24) is 10.2 Å². The molecule has 1 atom stereocenters. The molecule has 3 amide bonds. The molecule has 2 N–H and O–H groups in total. The Morgan fingerprint density at radius 1 is 1.27 bits per heavy atom. The van der Waals surface area contributed by atoms with Crippen LogP contribution in [0.2, 0.25) is 4.34 Å². The van der Waals surface area contributed by atoms with Crippen LogP contribution in [0, 0.1) is 0 Å². The monoisotopic (exact) mass is 558 g/mol. The van der Waals surface area contributed by atoms with Crippen LogP contribution in [0.5, 0.6) is 0 Å². The molecule has 2 aromatic rings. The molecule has 2 fully saturated rings. The fraction of sp³-hybridized carbons (Fsp3) is 0.458. The lowest BCUT2D eigenvalue weighted by atomic mass is 9.90. The Morgan fingerprint density at radius 2 is 2.03 bits per heavy atom. The SMILES string of the molecule is CN(C1CCC1)[C@H](CNC(=O)c1ccc(Cl)s1)C(=O)Nc1ccc(N2CCOCC2=O)cc1C(F)(F)F. The maximum Gasteiger partial charge on any atom is 0.418 e. The minimum atomic E-state index is -4.78. The van der Waals surface area contributed by atoms with Gasteiger partial charge < -0.3 is 20.3 Å². The quantitative estimate of drug-likeness (QED) is 0.511. The summed E-state index contributed by atoms with van der Waals surface area (Å²) in [5.74, 6) is -1.55. The summed E-state index contributed by atoms with van der Waals surface area (Å²) in [6.45, 7) is 0.0305. The van der Waals surface area contributed by atoms with Gasteiger partial charge in [-0.3, -0.25) is 19.3 Å². The molecule has 1 saturated heterocycles. The van der Waals surface area contributed by atoms with Gasteiger partial charge in [-0.05, 0) is 50.2 Å². The summed E-state index contributed by atoms with van der Waals surface area (Å²) in [5, 5.41) is 5.11. The van der Waals surface area contributed by atoms with Crippen molar-refractivity contribution >= 4 is 52.0 Å². The van der Waals surface area contributed by atoms with Crippen molar-refractivity contribution in [2.24, 2.45) is 0 Å². The topological polar surface area (TPSA) is 91.0 Å². The van der Waals surface area contributed by atoms with Crippen molar-refractivity contribution in [3.63, 3.8) is 0 Å². The first kappa shape index (κ1) is 27.4. The van der Waals surface area contributed by atoms with Gasteiger partial charge in [0, 0.05) is 24.8 Å². The highest BCUT2D eigenvalue weighted by atomic mass is 35.5. The third-order valence-electron chi connectivity index (χ3n) is 6.56. The number of morpholine rings is 1. The van der Waals surface area contributed by atoms with Crippen LogP contribution in [0.4, 0.5) is 24.5 Å². The maximum atomic E-state index is 14.0. The number of likely N-dealkylation sites (N-methyl/N-ethyl adjacent to an activating group) is 1. The van der Waals surface area contributed by atoms with E-state index in [2.05, 4.69) is 10.6 Å². The molecule has 200 valence electrons. The number of alkyl halides is 3. The van der Waals surface area contributed by atoms with Crippen LogP contribution in [0.1, 0.15) is 34.5 Å². The minimum absolute atomic E-state index is 0.0728. The second-order valence-electron chi connectivity index (χ2n) is 8.89. The Kier molecular flexibility index (Phi) is 8.42. The molecule has 2 aliphatic rings. The molecule has 8 nitrogen and oxygen atoms in total. The van der Waals surface area contributed by atoms with Crippen molar-refractivity contribution in [1.29, 1.82) is 0 Å². The summed E-state index contributed by atoms with van der Waals surface area (Å²) in [6.07, 6.45) is -2.09. The van der Waals surface area contributed by atoms with Crippen molar-refractivity contribution < 1.29 is 32.3 Å². The first-order chi connectivity index (χ1) is 17.5. The third-order valence-corrected chi connectivity index (χ3v) is 7.79. The maximum absolute atomic E-state index is 14.0. The molecule has 0 unspecified atom stereocenters. The Hall–Kier alpha value is -2.67. The van der Waals surface area contributed by atoms with E-state index < -0.39 is 41.2 Å². The number of nitrogens with zero attached hydrogens (tertiary/aromatic N) is 2. The lowest BCUT2D eigenvalue weighted by molar-refractivity contribution is -0.137. The average Bonchev–Trinajstić information content (AvgIpc) is 3.24. The summed E-state index contributed by atoms with van der Waals surface area (Å²) in [4.78, 5) is 41.3. The smallest absolute Gasteiger partial charge is 0.370 e. The summed E-state index contributed by atoms with van der Waals surface area (Å²) in [5.41, 5.74) is -1.42. The molecule has 0 bridgehead atoms. The van der Waals surface area contributed by atoms with Crippen LogP contribution in [-0.2, 0) is 20.5 Å². The van der Waals surface area contributed by atoms with Gasteiger partial charge in [0.05, 0.1) is 27.1 Å². The lowest BCUT2D eigenvalue weighted by Crippen LogP contribution is -2.54. The van der Waals surface area contributed by atoms with Crippen molar-refractivity contribution in [3.8, 4) is 0 Å². The zero-order valence-electron chi connectivity index (χ0n) is 19.9. The first-order valence-electron chi connectivity index (χ1n) is 11.7. The standard InChI is InChI=1S/C24H26ClF3N4O4S/c1-31(14-3-2-4-14)18(12-29-23(35)19-7-8-20(25)37-19)22(34)30-17-6-5-15(11-16(17)24(26,27)28)32-9-10-36-13-21(32)33/h5-8,11,14,18H,2-4,9-10,12-13H2,1H3,(H,29,35)(H,30,34)/t18-/m1/s1. The molecule has 4 rings (SSSR count). The summed E-state index contributed by atoms with van der Waals surface area (Å²) < 4.78 is 47.4. The molecule has 37 heavy (non-hydrogen) atoms. The number of rotatable bonds is 8. The second kappa shape index (κ2) is 11.4. The normalized spacial score (nSPS) is 17.5. The number of halogens is 4. The molecule has 1 saturated carbocycles. The Morgan fingerprint density at radius 3 is 2.62 bits per heavy atom. The number of amides is 3. The van der Waals surface area contributed by atoms with E-state index in [4.69, 9.17) is 16.3 Å². The van der Waals surface area contributed by atoms with Gasteiger partial charge in [0.2, 0.25) is 5.91 Å². The summed E-state index contributed by atoms with van der Waals surface area (Å²) in [7, 11) is 1.72. The largest absolute Gasteiger partial charge is 0.418 e. The van der Waals surface area contributed by atoms with E-state index >= 15 is 0 Å². The fourth-order valence-corrected chi connectivity index (χ4v) is 5.19. The number of carbonyl (C=O) groups excluding carboxylic acids is 3. The molecule has 1 aromatic heterocycles. The highest BCUT2D eigenvalue weighted by molar-refractivity contribution is 7.18. The molecule has 2 heterocycles. The Bertz CT molecular complexity index is 1170. The summed E-state index contributed by atoms with van der Waals surface area (Å²) >= 11 is 6.98. The summed E-state index contributed by atoms with van der Waals surface area (Å²) in [6, 6.07) is 5.67. The van der Waals surface area contributed by atoms with E-state index in [-0.39, 0.29) is 38.0 Å². The van der Waals surface area contributed by atoms with E-state index in [1.54, 1.807) is 24.1 Å². The molecule has 0 radical (unpaired) electrons. The number of nitrogens with one attached hydrogen (secondary N) is 2. The zero-order valence-corrected chi connectivity index (χ0v) is 21.5. The predicted octanol–water partition coefficient (Wildman–Crippen LogP) is 4.00. The molecular formula is C24H26ClF3N4O4S. The van der Waals surface area contributed by atoms with E-state index in [1.165, 1.54) is 11.0 Å². The van der Waals surface area contributed by atoms with Gasteiger partial charge in [0.25, 0.3) is 11.8 Å². The molecule has 1 aromatic carbocycles. The number of carbonyl (C=O) groups is 3. The Labute approximate surface area is 220 Å². The van der Waals surface area contributed by atoms with Crippen LogP contribution >= 0.6 is 22.9 Å². The van der Waals surface area contributed by atoms with Gasteiger partial charge in [0.1, 0.15) is 12.6 Å². The van der Waals surface area contributed by atoms with E-state index in [9.17, 15) is 27.6 Å². The van der Waals surface area contributed by atoms with E-state index in [0.29, 0.717) is 9.21 Å². The fourth-order valence-electron chi connectivity index (χ4n) is 4.23. The van der Waals surface area contributed by atoms with Crippen LogP contribution < -0.4 is 15.5 Å². The molecule has 13 heteroatoms. The first-order valence-corrected chi connectivity index (χ1v) is 12.9. The van der Waals surface area contributed by atoms with Crippen molar-refractivity contribution in [2.75, 3.05) is 43.6 Å². The molecular weight excluding hydrogens is 533 g/mol. The number of thiophene rings is 1. The highest BCUT2D eigenvalue weighted by Gasteiger charge is 2.37. The zero-order chi connectivity index (χ0) is 26.7. The van der Waals surface area contributed by atoms with Gasteiger partial charge in [-0.25, -0.2) is 0 Å². The molecule has 1 aliphatic carbocycles. The lowest BCUT2D eigenvalue weighted by Gasteiger charge is -2.39. The predicted molar refractivity (Wildman–Crippen MR) is 134 cm³/mol. The number of anilines is 2. The van der Waals surface area contributed by atoms with Crippen LogP contribution in [0.25, 0.3) is 0 Å². The van der Waals surface area contributed by atoms with Crippen LogP contribution in [0.3, 0.4) is 0 Å². The van der Waals surface area contributed by atoms with Crippen LogP contribution in [-0.4, -0.2) is 68.1 Å². The number of hydrogen-bond donors (Lipinski definition) is 2. The molecule has 1 aliphatic heterocycles. The van der Waals surface area contributed by atoms with Gasteiger partial charge in [-0.15, -0.1) is 11.3 Å². The van der Waals surface area contributed by atoms with E-state index in [1.807, 2.05) is 0 Å². The number of hydrogen-bond acceptors (Lipinski definition) is 6. The Balaban J connectivity index is 1.54. The molecule has 0 spiro atoms. The number of benzene rings is 1. The van der Waals surface area contributed by atoms with E-state index in [0.717, 1.165) is 42.7 Å². The van der Waals surface area contributed by atoms with Gasteiger partial charge in [0.15, 0.2) is 0 Å². The van der Waals surface area contributed by atoms with Crippen LogP contribution in [0.15, 0.2) is 30.3 Å². The van der Waals surface area contributed by atoms with Gasteiger partial charge in [-0.1, -0.05) is 18.0 Å². The van der Waals surface area contributed by atoms with Crippen molar-refractivity contribution in [2.45, 2.75) is 37.5 Å².